The minimum absolute atomic E-state index is 0.0630. The van der Waals surface area contributed by atoms with E-state index in [-0.39, 0.29) is 12.1 Å². The number of alkyl halides is 3. The van der Waals surface area contributed by atoms with Crippen LogP contribution in [0.5, 0.6) is 0 Å². The summed E-state index contributed by atoms with van der Waals surface area (Å²) in [5.74, 6) is 0. The number of anilines is 1. The fraction of sp³-hybridized carbons (Fsp3) is 0.143. The van der Waals surface area contributed by atoms with Crippen LogP contribution in [-0.4, -0.2) is 17.9 Å². The third-order valence-corrected chi connectivity index (χ3v) is 2.82. The molecule has 1 aromatic carbocycles. The van der Waals surface area contributed by atoms with E-state index < -0.39 is 43.1 Å². The van der Waals surface area contributed by atoms with Crippen LogP contribution in [0, 0.1) is 10.1 Å². The van der Waals surface area contributed by atoms with Crippen molar-refractivity contribution in [3.05, 3.63) is 27.8 Å². The van der Waals surface area contributed by atoms with Gasteiger partial charge in [0.05, 0.1) is 10.6 Å². The average Bonchev–Trinajstić information content (AvgIpc) is 2.13. The highest BCUT2D eigenvalue weighted by atomic mass is 32.2. The van der Waals surface area contributed by atoms with Gasteiger partial charge in [-0.15, -0.1) is 0 Å². The van der Waals surface area contributed by atoms with Crippen molar-refractivity contribution in [1.29, 1.82) is 0 Å². The number of nitro groups is 1. The summed E-state index contributed by atoms with van der Waals surface area (Å²) in [7, 11) is -4.95. The monoisotopic (exact) mass is 286 g/mol. The summed E-state index contributed by atoms with van der Waals surface area (Å²) in [5.41, 5.74) is 0.870. The molecule has 18 heavy (non-hydrogen) atoms. The third kappa shape index (κ3) is 2.68. The van der Waals surface area contributed by atoms with E-state index in [0.29, 0.717) is 0 Å². The van der Waals surface area contributed by atoms with Gasteiger partial charge in [0.2, 0.25) is 0 Å². The Morgan fingerprint density at radius 2 is 1.83 bits per heavy atom. The molecule has 1 aromatic rings. The second-order valence-corrected chi connectivity index (χ2v) is 4.53. The molecule has 0 spiro atoms. The molecule has 0 atom stereocenters. The highest BCUT2D eigenvalue weighted by molar-refractivity contribution is 7.86. The van der Waals surface area contributed by atoms with Crippen molar-refractivity contribution in [1.82, 2.24) is 0 Å². The lowest BCUT2D eigenvalue weighted by Gasteiger charge is -2.10. The molecule has 0 amide bonds. The smallest absolute Gasteiger partial charge is 0.398 e. The van der Waals surface area contributed by atoms with Crippen molar-refractivity contribution in [2.45, 2.75) is 11.1 Å². The summed E-state index contributed by atoms with van der Waals surface area (Å²) in [6.07, 6.45) is -5.08. The molecule has 3 N–H and O–H groups in total. The number of nitrogens with two attached hydrogens (primary N) is 1. The van der Waals surface area contributed by atoms with Crippen molar-refractivity contribution in [3.63, 3.8) is 0 Å². The van der Waals surface area contributed by atoms with Gasteiger partial charge < -0.3 is 5.73 Å². The molecular formula is C7H5F3N2O5S. The fourth-order valence-corrected chi connectivity index (χ4v) is 1.80. The molecule has 0 radical (unpaired) electrons. The van der Waals surface area contributed by atoms with E-state index in [0.717, 1.165) is 0 Å². The Balaban J connectivity index is 3.71. The molecule has 0 aromatic heterocycles. The Bertz CT molecular complexity index is 610. The topological polar surface area (TPSA) is 124 Å². The van der Waals surface area contributed by atoms with Crippen LogP contribution in [0.2, 0.25) is 0 Å². The van der Waals surface area contributed by atoms with Gasteiger partial charge >= 0.3 is 6.18 Å². The first-order valence-electron chi connectivity index (χ1n) is 4.07. The Morgan fingerprint density at radius 1 is 1.33 bits per heavy atom. The maximum Gasteiger partial charge on any atom is 0.423 e. The fourth-order valence-electron chi connectivity index (χ4n) is 1.19. The summed E-state index contributed by atoms with van der Waals surface area (Å²) in [6, 6.07) is 0.148. The van der Waals surface area contributed by atoms with E-state index in [1.165, 1.54) is 0 Å². The van der Waals surface area contributed by atoms with Crippen molar-refractivity contribution in [2.75, 3.05) is 5.73 Å². The van der Waals surface area contributed by atoms with Crippen LogP contribution in [0.15, 0.2) is 17.0 Å². The summed E-state index contributed by atoms with van der Waals surface area (Å²) in [4.78, 5) is 7.88. The first-order valence-corrected chi connectivity index (χ1v) is 5.51. The largest absolute Gasteiger partial charge is 0.423 e. The van der Waals surface area contributed by atoms with Crippen LogP contribution < -0.4 is 5.73 Å². The molecule has 0 unspecified atom stereocenters. The second-order valence-electron chi connectivity index (χ2n) is 3.14. The highest BCUT2D eigenvalue weighted by Crippen LogP contribution is 2.39. The van der Waals surface area contributed by atoms with Crippen LogP contribution >= 0.6 is 0 Å². The van der Waals surface area contributed by atoms with Crippen LogP contribution in [0.3, 0.4) is 0 Å². The molecular weight excluding hydrogens is 281 g/mol. The Labute approximate surface area is 97.9 Å². The van der Waals surface area contributed by atoms with Crippen molar-refractivity contribution >= 4 is 21.5 Å². The average molecular weight is 286 g/mol. The maximum absolute atomic E-state index is 12.4. The minimum atomic E-state index is -5.08. The number of hydrogen-bond acceptors (Lipinski definition) is 5. The molecule has 1 rings (SSSR count). The quantitative estimate of drug-likeness (QED) is 0.367. The van der Waals surface area contributed by atoms with E-state index >= 15 is 0 Å². The van der Waals surface area contributed by atoms with E-state index in [1.807, 2.05) is 0 Å². The number of nitrogens with zero attached hydrogens (tertiary/aromatic N) is 1. The van der Waals surface area contributed by atoms with E-state index in [2.05, 4.69) is 0 Å². The van der Waals surface area contributed by atoms with E-state index in [9.17, 15) is 31.7 Å². The zero-order valence-electron chi connectivity index (χ0n) is 8.30. The van der Waals surface area contributed by atoms with Crippen LogP contribution in [0.25, 0.3) is 0 Å². The second kappa shape index (κ2) is 4.10. The number of benzene rings is 1. The summed E-state index contributed by atoms with van der Waals surface area (Å²) in [5, 5.41) is 10.4. The number of rotatable bonds is 2. The van der Waals surface area contributed by atoms with Gasteiger partial charge in [-0.2, -0.15) is 21.6 Å². The highest BCUT2D eigenvalue weighted by Gasteiger charge is 2.40. The molecule has 0 bridgehead atoms. The number of nitrogen functional groups attached to an aromatic ring is 1. The van der Waals surface area contributed by atoms with Gasteiger partial charge in [-0.25, -0.2) is 0 Å². The van der Waals surface area contributed by atoms with Gasteiger partial charge in [-0.1, -0.05) is 0 Å². The zero-order valence-corrected chi connectivity index (χ0v) is 9.12. The summed E-state index contributed by atoms with van der Waals surface area (Å²) < 4.78 is 67.5. The lowest BCUT2D eigenvalue weighted by atomic mass is 10.1. The SMILES string of the molecule is Nc1cc(C(F)(F)F)c([N+](=O)[O-])cc1S(=O)(=O)O. The van der Waals surface area contributed by atoms with Gasteiger partial charge in [0, 0.05) is 6.07 Å². The first kappa shape index (κ1) is 14.2. The molecule has 0 saturated heterocycles. The summed E-state index contributed by atoms with van der Waals surface area (Å²) in [6.45, 7) is 0. The predicted molar refractivity (Wildman–Crippen MR) is 52.3 cm³/mol. The Hall–Kier alpha value is -1.88. The molecule has 0 saturated carbocycles. The van der Waals surface area contributed by atoms with Gasteiger partial charge in [-0.05, 0) is 6.07 Å². The molecule has 0 aliphatic rings. The van der Waals surface area contributed by atoms with Gasteiger partial charge in [0.1, 0.15) is 10.5 Å². The van der Waals surface area contributed by atoms with Crippen LogP contribution in [0.1, 0.15) is 5.56 Å². The van der Waals surface area contributed by atoms with Crippen molar-refractivity contribution in [2.24, 2.45) is 0 Å². The normalized spacial score (nSPS) is 12.4. The van der Waals surface area contributed by atoms with Crippen LogP contribution in [0.4, 0.5) is 24.5 Å². The van der Waals surface area contributed by atoms with Gasteiger partial charge in [0.25, 0.3) is 15.8 Å². The van der Waals surface area contributed by atoms with Crippen molar-refractivity contribution < 1.29 is 31.1 Å². The maximum atomic E-state index is 12.4. The number of nitro benzene ring substituents is 1. The molecule has 7 nitrogen and oxygen atoms in total. The predicted octanol–water partition coefficient (Wildman–Crippen LogP) is 1.44. The summed E-state index contributed by atoms with van der Waals surface area (Å²) >= 11 is 0. The molecule has 0 heterocycles. The first-order chi connectivity index (χ1) is 7.94. The van der Waals surface area contributed by atoms with Crippen LogP contribution in [-0.2, 0) is 16.3 Å². The molecule has 0 aliphatic carbocycles. The minimum Gasteiger partial charge on any atom is -0.398 e. The molecule has 11 heteroatoms. The zero-order chi connectivity index (χ0) is 14.3. The van der Waals surface area contributed by atoms with E-state index in [4.69, 9.17) is 10.3 Å². The molecule has 100 valence electrons. The Kier molecular flexibility index (Phi) is 3.23. The lowest BCUT2D eigenvalue weighted by molar-refractivity contribution is -0.388. The van der Waals surface area contributed by atoms with Crippen molar-refractivity contribution in [3.8, 4) is 0 Å². The van der Waals surface area contributed by atoms with E-state index in [1.54, 1.807) is 0 Å². The number of hydrogen-bond donors (Lipinski definition) is 2. The lowest BCUT2D eigenvalue weighted by Crippen LogP contribution is -2.12. The molecule has 0 aliphatic heterocycles. The van der Waals surface area contributed by atoms with Gasteiger partial charge in [0.15, 0.2) is 0 Å². The third-order valence-electron chi connectivity index (χ3n) is 1.91. The number of halogens is 3. The molecule has 0 fully saturated rings. The standard InChI is InChI=1S/C7H5F3N2O5S/c8-7(9,10)3-1-4(11)6(18(15,16)17)2-5(3)12(13)14/h1-2H,11H2,(H,15,16,17). The van der Waals surface area contributed by atoms with Gasteiger partial charge in [-0.3, -0.25) is 14.7 Å². The Morgan fingerprint density at radius 3 is 2.17 bits per heavy atom.